The van der Waals surface area contributed by atoms with Gasteiger partial charge in [0.25, 0.3) is 0 Å². The number of rotatable bonds is 3. The molecular formula is C16H16Br2O. The van der Waals surface area contributed by atoms with E-state index in [1.54, 1.807) is 7.11 Å². The maximum atomic E-state index is 5.41. The molecule has 2 rings (SSSR count). The smallest absolute Gasteiger partial charge is 0.124 e. The molecule has 100 valence electrons. The Hall–Kier alpha value is -0.800. The molecule has 0 spiro atoms. The summed E-state index contributed by atoms with van der Waals surface area (Å²) in [5.41, 5.74) is 4.81. The molecule has 0 saturated carbocycles. The third kappa shape index (κ3) is 3.21. The van der Waals surface area contributed by atoms with Crippen molar-refractivity contribution in [2.45, 2.75) is 18.7 Å². The Bertz CT molecular complexity index is 570. The quantitative estimate of drug-likeness (QED) is 0.630. The third-order valence-corrected chi connectivity index (χ3v) is 4.67. The fourth-order valence-corrected chi connectivity index (χ4v) is 3.27. The number of ether oxygens (including phenoxy) is 1. The van der Waals surface area contributed by atoms with E-state index in [1.165, 1.54) is 11.1 Å². The zero-order chi connectivity index (χ0) is 14.0. The lowest BCUT2D eigenvalue weighted by Gasteiger charge is -2.16. The van der Waals surface area contributed by atoms with Gasteiger partial charge in [-0.2, -0.15) is 0 Å². The first-order chi connectivity index (χ1) is 9.02. The van der Waals surface area contributed by atoms with Crippen LogP contribution in [0.4, 0.5) is 0 Å². The van der Waals surface area contributed by atoms with Crippen LogP contribution in [-0.4, -0.2) is 7.11 Å². The van der Waals surface area contributed by atoms with Gasteiger partial charge in [-0.3, -0.25) is 0 Å². The summed E-state index contributed by atoms with van der Waals surface area (Å²) in [5, 5.41) is 0. The largest absolute Gasteiger partial charge is 0.496 e. The van der Waals surface area contributed by atoms with Gasteiger partial charge in [0.05, 0.1) is 11.9 Å². The summed E-state index contributed by atoms with van der Waals surface area (Å²) in [4.78, 5) is 0.188. The van der Waals surface area contributed by atoms with E-state index in [2.05, 4.69) is 76.0 Å². The summed E-state index contributed by atoms with van der Waals surface area (Å²) in [6, 6.07) is 12.7. The maximum Gasteiger partial charge on any atom is 0.124 e. The molecular weight excluding hydrogens is 368 g/mol. The number of hydrogen-bond donors (Lipinski definition) is 0. The van der Waals surface area contributed by atoms with Crippen LogP contribution < -0.4 is 4.74 Å². The van der Waals surface area contributed by atoms with Crippen molar-refractivity contribution in [1.29, 1.82) is 0 Å². The van der Waals surface area contributed by atoms with E-state index in [9.17, 15) is 0 Å². The predicted octanol–water partition coefficient (Wildman–Crippen LogP) is 5.56. The van der Waals surface area contributed by atoms with E-state index in [-0.39, 0.29) is 4.83 Å². The molecule has 0 aliphatic heterocycles. The average Bonchev–Trinajstić information content (AvgIpc) is 2.37. The van der Waals surface area contributed by atoms with Crippen LogP contribution in [-0.2, 0) is 0 Å². The highest BCUT2D eigenvalue weighted by atomic mass is 79.9. The minimum atomic E-state index is 0.188. The van der Waals surface area contributed by atoms with Gasteiger partial charge in [0.2, 0.25) is 0 Å². The summed E-state index contributed by atoms with van der Waals surface area (Å²) in [7, 11) is 1.72. The Morgan fingerprint density at radius 2 is 1.63 bits per heavy atom. The zero-order valence-electron chi connectivity index (χ0n) is 11.2. The van der Waals surface area contributed by atoms with E-state index in [0.717, 1.165) is 21.3 Å². The molecule has 0 bridgehead atoms. The van der Waals surface area contributed by atoms with Gasteiger partial charge in [-0.25, -0.2) is 0 Å². The lowest BCUT2D eigenvalue weighted by molar-refractivity contribution is 0.408. The Balaban J connectivity index is 2.42. The van der Waals surface area contributed by atoms with Crippen LogP contribution in [0.1, 0.15) is 27.1 Å². The highest BCUT2D eigenvalue weighted by Gasteiger charge is 2.14. The topological polar surface area (TPSA) is 9.23 Å². The van der Waals surface area contributed by atoms with Gasteiger partial charge < -0.3 is 4.74 Å². The Morgan fingerprint density at radius 1 is 1.00 bits per heavy atom. The van der Waals surface area contributed by atoms with Gasteiger partial charge in [-0.05, 0) is 48.2 Å². The first-order valence-electron chi connectivity index (χ1n) is 6.07. The van der Waals surface area contributed by atoms with Crippen molar-refractivity contribution in [3.05, 3.63) is 63.1 Å². The average molecular weight is 384 g/mol. The molecule has 0 fully saturated rings. The van der Waals surface area contributed by atoms with E-state index in [1.807, 2.05) is 6.07 Å². The maximum absolute atomic E-state index is 5.41. The Kier molecular flexibility index (Phi) is 4.69. The molecule has 1 unspecified atom stereocenters. The SMILES string of the molecule is COc1c(C)cc(C(Br)c2cccc(Br)c2)cc1C. The third-order valence-electron chi connectivity index (χ3n) is 3.12. The van der Waals surface area contributed by atoms with Crippen LogP contribution in [0.3, 0.4) is 0 Å². The second-order valence-electron chi connectivity index (χ2n) is 4.61. The highest BCUT2D eigenvalue weighted by Crippen LogP contribution is 2.35. The second-order valence-corrected chi connectivity index (χ2v) is 6.44. The van der Waals surface area contributed by atoms with Gasteiger partial charge in [-0.15, -0.1) is 0 Å². The van der Waals surface area contributed by atoms with Crippen molar-refractivity contribution in [2.75, 3.05) is 7.11 Å². The lowest BCUT2D eigenvalue weighted by atomic mass is 10.00. The first kappa shape index (κ1) is 14.6. The molecule has 2 aromatic carbocycles. The van der Waals surface area contributed by atoms with E-state index in [0.29, 0.717) is 0 Å². The van der Waals surface area contributed by atoms with Crippen LogP contribution in [0.2, 0.25) is 0 Å². The van der Waals surface area contributed by atoms with Crippen molar-refractivity contribution >= 4 is 31.9 Å². The number of hydrogen-bond acceptors (Lipinski definition) is 1. The summed E-state index contributed by atoms with van der Waals surface area (Å²) in [6.07, 6.45) is 0. The molecule has 0 N–H and O–H groups in total. The van der Waals surface area contributed by atoms with Crippen LogP contribution in [0, 0.1) is 13.8 Å². The van der Waals surface area contributed by atoms with Crippen molar-refractivity contribution in [1.82, 2.24) is 0 Å². The molecule has 0 aromatic heterocycles. The van der Waals surface area contributed by atoms with Crippen LogP contribution in [0.15, 0.2) is 40.9 Å². The van der Waals surface area contributed by atoms with Crippen LogP contribution in [0.25, 0.3) is 0 Å². The number of halogens is 2. The fraction of sp³-hybridized carbons (Fsp3) is 0.250. The van der Waals surface area contributed by atoms with Crippen molar-refractivity contribution < 1.29 is 4.74 Å². The van der Waals surface area contributed by atoms with Crippen LogP contribution in [0.5, 0.6) is 5.75 Å². The van der Waals surface area contributed by atoms with Gasteiger partial charge in [-0.1, -0.05) is 56.1 Å². The molecule has 0 heterocycles. The van der Waals surface area contributed by atoms with Gasteiger partial charge in [0, 0.05) is 4.47 Å². The molecule has 0 saturated heterocycles. The van der Waals surface area contributed by atoms with Crippen LogP contribution >= 0.6 is 31.9 Å². The molecule has 19 heavy (non-hydrogen) atoms. The second kappa shape index (κ2) is 6.10. The molecule has 0 aliphatic carbocycles. The molecule has 1 atom stereocenters. The standard InChI is InChI=1S/C16H16Br2O/c1-10-7-13(8-11(2)16(10)19-3)15(18)12-5-4-6-14(17)9-12/h4-9,15H,1-3H3. The molecule has 3 heteroatoms. The van der Waals surface area contributed by atoms with Crippen molar-refractivity contribution in [2.24, 2.45) is 0 Å². The monoisotopic (exact) mass is 382 g/mol. The molecule has 2 aromatic rings. The van der Waals surface area contributed by atoms with Gasteiger partial charge >= 0.3 is 0 Å². The number of alkyl halides is 1. The lowest BCUT2D eigenvalue weighted by Crippen LogP contribution is -1.97. The van der Waals surface area contributed by atoms with Gasteiger partial charge in [0.15, 0.2) is 0 Å². The molecule has 0 amide bonds. The summed E-state index contributed by atoms with van der Waals surface area (Å²) in [6.45, 7) is 4.16. The van der Waals surface area contributed by atoms with Crippen molar-refractivity contribution in [3.8, 4) is 5.75 Å². The van der Waals surface area contributed by atoms with Gasteiger partial charge in [0.1, 0.15) is 5.75 Å². The molecule has 0 aliphatic rings. The highest BCUT2D eigenvalue weighted by molar-refractivity contribution is 9.10. The molecule has 1 nitrogen and oxygen atoms in total. The minimum absolute atomic E-state index is 0.188. The zero-order valence-corrected chi connectivity index (χ0v) is 14.4. The summed E-state index contributed by atoms with van der Waals surface area (Å²) < 4.78 is 6.51. The molecule has 0 radical (unpaired) electrons. The fourth-order valence-electron chi connectivity index (χ4n) is 2.31. The summed E-state index contributed by atoms with van der Waals surface area (Å²) >= 11 is 7.30. The van der Waals surface area contributed by atoms with E-state index < -0.39 is 0 Å². The normalized spacial score (nSPS) is 12.3. The van der Waals surface area contributed by atoms with E-state index in [4.69, 9.17) is 4.74 Å². The van der Waals surface area contributed by atoms with E-state index >= 15 is 0 Å². The first-order valence-corrected chi connectivity index (χ1v) is 7.78. The Morgan fingerprint density at radius 3 is 2.16 bits per heavy atom. The predicted molar refractivity (Wildman–Crippen MR) is 87.4 cm³/mol. The Labute approximate surface area is 131 Å². The number of benzene rings is 2. The number of methoxy groups -OCH3 is 1. The summed E-state index contributed by atoms with van der Waals surface area (Å²) in [5.74, 6) is 0.970. The van der Waals surface area contributed by atoms with Crippen molar-refractivity contribution in [3.63, 3.8) is 0 Å². The minimum Gasteiger partial charge on any atom is -0.496 e. The number of aryl methyl sites for hydroxylation is 2.